The second-order valence-electron chi connectivity index (χ2n) is 5.29. The van der Waals surface area contributed by atoms with Gasteiger partial charge >= 0.3 is 5.97 Å². The van der Waals surface area contributed by atoms with Crippen LogP contribution in [0.25, 0.3) is 0 Å². The molecule has 1 aliphatic carbocycles. The lowest BCUT2D eigenvalue weighted by Gasteiger charge is -2.23. The number of esters is 1. The minimum atomic E-state index is -0.102. The maximum Gasteiger partial charge on any atom is 0.323 e. The fraction of sp³-hybridized carbons (Fsp3) is 0.933. The summed E-state index contributed by atoms with van der Waals surface area (Å²) in [5.41, 5.74) is 0. The second-order valence-corrected chi connectivity index (χ2v) is 6.28. The van der Waals surface area contributed by atoms with E-state index in [2.05, 4.69) is 11.6 Å². The Hall–Kier alpha value is -0.220. The summed E-state index contributed by atoms with van der Waals surface area (Å²) in [4.78, 5) is 12.0. The standard InChI is InChI=1S/C15H29NO2S/c1-3-18-15(17)14(11-8-12-19-2)16-13-9-6-4-5-7-10-13/h13-14,16H,3-12H2,1-2H3. The Morgan fingerprint density at radius 3 is 2.58 bits per heavy atom. The number of carbonyl (C=O) groups excluding carboxylic acids is 1. The van der Waals surface area contributed by atoms with Crippen LogP contribution < -0.4 is 5.32 Å². The molecule has 0 bridgehead atoms. The summed E-state index contributed by atoms with van der Waals surface area (Å²) in [6.45, 7) is 2.35. The average Bonchev–Trinajstić information content (AvgIpc) is 2.66. The highest BCUT2D eigenvalue weighted by atomic mass is 32.2. The van der Waals surface area contributed by atoms with E-state index in [1.165, 1.54) is 38.5 Å². The molecule has 0 heterocycles. The zero-order chi connectivity index (χ0) is 13.9. The van der Waals surface area contributed by atoms with E-state index in [0.29, 0.717) is 12.6 Å². The molecule has 1 unspecified atom stereocenters. The van der Waals surface area contributed by atoms with Crippen molar-refractivity contribution in [2.45, 2.75) is 70.4 Å². The van der Waals surface area contributed by atoms with E-state index in [-0.39, 0.29) is 12.0 Å². The van der Waals surface area contributed by atoms with Crippen molar-refractivity contribution in [2.75, 3.05) is 18.6 Å². The summed E-state index contributed by atoms with van der Waals surface area (Å²) in [5.74, 6) is 1.05. The van der Waals surface area contributed by atoms with Crippen molar-refractivity contribution in [1.82, 2.24) is 5.32 Å². The summed E-state index contributed by atoms with van der Waals surface area (Å²) >= 11 is 1.84. The smallest absolute Gasteiger partial charge is 0.323 e. The molecule has 1 rings (SSSR count). The van der Waals surface area contributed by atoms with E-state index in [1.54, 1.807) is 0 Å². The molecule has 112 valence electrons. The van der Waals surface area contributed by atoms with Crippen LogP contribution in [0.5, 0.6) is 0 Å². The van der Waals surface area contributed by atoms with Gasteiger partial charge in [0.2, 0.25) is 0 Å². The fourth-order valence-electron chi connectivity index (χ4n) is 2.67. The Morgan fingerprint density at radius 2 is 2.00 bits per heavy atom. The molecule has 1 fully saturated rings. The number of nitrogens with one attached hydrogen (secondary N) is 1. The summed E-state index contributed by atoms with van der Waals surface area (Å²) in [7, 11) is 0. The Labute approximate surface area is 122 Å². The van der Waals surface area contributed by atoms with Crippen LogP contribution in [0.15, 0.2) is 0 Å². The van der Waals surface area contributed by atoms with Crippen LogP contribution in [0.3, 0.4) is 0 Å². The number of rotatable bonds is 8. The molecule has 4 heteroatoms. The molecule has 0 aliphatic heterocycles. The normalized spacial score (nSPS) is 18.8. The van der Waals surface area contributed by atoms with Crippen molar-refractivity contribution in [2.24, 2.45) is 0 Å². The lowest BCUT2D eigenvalue weighted by molar-refractivity contribution is -0.146. The number of thioether (sulfide) groups is 1. The van der Waals surface area contributed by atoms with Gasteiger partial charge in [0.25, 0.3) is 0 Å². The first kappa shape index (κ1) is 16.8. The van der Waals surface area contributed by atoms with Gasteiger partial charge in [-0.05, 0) is 44.6 Å². The maximum absolute atomic E-state index is 12.0. The van der Waals surface area contributed by atoms with Gasteiger partial charge in [0.1, 0.15) is 6.04 Å². The number of hydrogen-bond donors (Lipinski definition) is 1. The minimum absolute atomic E-state index is 0.0622. The summed E-state index contributed by atoms with van der Waals surface area (Å²) in [6.07, 6.45) is 11.8. The highest BCUT2D eigenvalue weighted by Crippen LogP contribution is 2.18. The van der Waals surface area contributed by atoms with Crippen molar-refractivity contribution < 1.29 is 9.53 Å². The molecule has 0 spiro atoms. The molecular formula is C15H29NO2S. The molecule has 0 aromatic carbocycles. The Balaban J connectivity index is 2.43. The number of hydrogen-bond acceptors (Lipinski definition) is 4. The topological polar surface area (TPSA) is 38.3 Å². The lowest BCUT2D eigenvalue weighted by atomic mass is 10.1. The maximum atomic E-state index is 12.0. The van der Waals surface area contributed by atoms with E-state index in [4.69, 9.17) is 4.74 Å². The molecule has 19 heavy (non-hydrogen) atoms. The van der Waals surface area contributed by atoms with Crippen LogP contribution in [0.4, 0.5) is 0 Å². The molecule has 1 N–H and O–H groups in total. The summed E-state index contributed by atoms with van der Waals surface area (Å²) < 4.78 is 5.20. The molecule has 3 nitrogen and oxygen atoms in total. The van der Waals surface area contributed by atoms with Crippen molar-refractivity contribution in [3.8, 4) is 0 Å². The fourth-order valence-corrected chi connectivity index (χ4v) is 3.13. The van der Waals surface area contributed by atoms with Gasteiger partial charge in [0, 0.05) is 6.04 Å². The molecule has 0 saturated heterocycles. The van der Waals surface area contributed by atoms with Gasteiger partial charge in [-0.15, -0.1) is 0 Å². The van der Waals surface area contributed by atoms with E-state index >= 15 is 0 Å². The first-order chi connectivity index (χ1) is 9.27. The number of ether oxygens (including phenoxy) is 1. The molecule has 0 amide bonds. The first-order valence-corrected chi connectivity index (χ1v) is 9.09. The van der Waals surface area contributed by atoms with Crippen molar-refractivity contribution in [3.63, 3.8) is 0 Å². The minimum Gasteiger partial charge on any atom is -0.465 e. The molecule has 0 aromatic rings. The first-order valence-electron chi connectivity index (χ1n) is 7.69. The van der Waals surface area contributed by atoms with Crippen molar-refractivity contribution in [1.29, 1.82) is 0 Å². The van der Waals surface area contributed by atoms with Crippen LogP contribution in [-0.2, 0) is 9.53 Å². The van der Waals surface area contributed by atoms with E-state index < -0.39 is 0 Å². The van der Waals surface area contributed by atoms with Crippen LogP contribution in [0, 0.1) is 0 Å². The monoisotopic (exact) mass is 287 g/mol. The van der Waals surface area contributed by atoms with Gasteiger partial charge < -0.3 is 10.1 Å². The zero-order valence-corrected chi connectivity index (χ0v) is 13.3. The molecule has 1 aliphatic rings. The molecule has 1 saturated carbocycles. The second kappa shape index (κ2) is 10.6. The van der Waals surface area contributed by atoms with Crippen LogP contribution in [-0.4, -0.2) is 36.7 Å². The van der Waals surface area contributed by atoms with E-state index in [0.717, 1.165) is 18.6 Å². The van der Waals surface area contributed by atoms with Gasteiger partial charge in [0.05, 0.1) is 6.61 Å². The average molecular weight is 287 g/mol. The van der Waals surface area contributed by atoms with Crippen molar-refractivity contribution in [3.05, 3.63) is 0 Å². The molecular weight excluding hydrogens is 258 g/mol. The van der Waals surface area contributed by atoms with Gasteiger partial charge in [0.15, 0.2) is 0 Å². The Morgan fingerprint density at radius 1 is 1.32 bits per heavy atom. The third-order valence-electron chi connectivity index (χ3n) is 3.70. The van der Waals surface area contributed by atoms with E-state index in [9.17, 15) is 4.79 Å². The number of carbonyl (C=O) groups is 1. The lowest BCUT2D eigenvalue weighted by Crippen LogP contribution is -2.44. The van der Waals surface area contributed by atoms with Gasteiger partial charge in [-0.25, -0.2) is 0 Å². The van der Waals surface area contributed by atoms with Gasteiger partial charge in [-0.1, -0.05) is 25.7 Å². The quantitative estimate of drug-likeness (QED) is 0.422. The third kappa shape index (κ3) is 7.21. The van der Waals surface area contributed by atoms with E-state index in [1.807, 2.05) is 18.7 Å². The summed E-state index contributed by atoms with van der Waals surface area (Å²) in [5, 5.41) is 3.56. The molecule has 0 radical (unpaired) electrons. The molecule has 1 atom stereocenters. The van der Waals surface area contributed by atoms with Crippen LogP contribution in [0.1, 0.15) is 58.3 Å². The predicted octanol–water partition coefficient (Wildman–Crippen LogP) is 3.37. The van der Waals surface area contributed by atoms with Crippen LogP contribution in [0.2, 0.25) is 0 Å². The third-order valence-corrected chi connectivity index (χ3v) is 4.40. The summed E-state index contributed by atoms with van der Waals surface area (Å²) in [6, 6.07) is 0.404. The zero-order valence-electron chi connectivity index (χ0n) is 12.5. The predicted molar refractivity (Wildman–Crippen MR) is 82.7 cm³/mol. The van der Waals surface area contributed by atoms with Gasteiger partial charge in [-0.2, -0.15) is 11.8 Å². The Bertz CT molecular complexity index is 240. The highest BCUT2D eigenvalue weighted by molar-refractivity contribution is 7.98. The highest BCUT2D eigenvalue weighted by Gasteiger charge is 2.23. The SMILES string of the molecule is CCOC(=O)C(CCCSC)NC1CCCCCC1. The largest absolute Gasteiger partial charge is 0.465 e. The van der Waals surface area contributed by atoms with Gasteiger partial charge in [-0.3, -0.25) is 4.79 Å². The molecule has 0 aromatic heterocycles. The van der Waals surface area contributed by atoms with Crippen LogP contribution >= 0.6 is 11.8 Å². The Kier molecular flexibility index (Phi) is 9.35. The van der Waals surface area contributed by atoms with Crippen molar-refractivity contribution >= 4 is 17.7 Å².